The molecule has 1 aromatic carbocycles. The highest BCUT2D eigenvalue weighted by atomic mass is 19.2. The lowest BCUT2D eigenvalue weighted by Gasteiger charge is -2.15. The van der Waals surface area contributed by atoms with Crippen molar-refractivity contribution >= 4 is 5.97 Å². The van der Waals surface area contributed by atoms with Gasteiger partial charge in [0.25, 0.3) is 0 Å². The normalized spacial score (nSPS) is 12.1. The minimum absolute atomic E-state index is 0.129. The number of methoxy groups -OCH3 is 2. The first kappa shape index (κ1) is 14.2. The van der Waals surface area contributed by atoms with Crippen molar-refractivity contribution in [1.29, 1.82) is 0 Å². The highest BCUT2D eigenvalue weighted by Crippen LogP contribution is 2.34. The zero-order valence-corrected chi connectivity index (χ0v) is 9.87. The summed E-state index contributed by atoms with van der Waals surface area (Å²) in [5, 5.41) is 9.45. The lowest BCUT2D eigenvalue weighted by atomic mass is 10.0. The van der Waals surface area contributed by atoms with Gasteiger partial charge in [-0.15, -0.1) is 0 Å². The van der Waals surface area contributed by atoms with Gasteiger partial charge >= 0.3 is 5.97 Å². The van der Waals surface area contributed by atoms with Crippen LogP contribution in [0.25, 0.3) is 0 Å². The Hall–Kier alpha value is -1.89. The van der Waals surface area contributed by atoms with Gasteiger partial charge in [-0.1, -0.05) is 0 Å². The Labute approximate surface area is 102 Å². The standard InChI is InChI=1S/C11H13F2NO4/c1-17-7-3-5(6(14)4-8(15)18-2)11(16)10(13)9(7)12/h3,6,16H,4,14H2,1-2H3/t6-/m1/s1. The summed E-state index contributed by atoms with van der Waals surface area (Å²) in [6.45, 7) is 0. The molecule has 1 rings (SSSR count). The van der Waals surface area contributed by atoms with Gasteiger partial charge in [-0.2, -0.15) is 8.78 Å². The number of ether oxygens (including phenoxy) is 2. The molecule has 0 unspecified atom stereocenters. The van der Waals surface area contributed by atoms with Crippen LogP contribution in [0.2, 0.25) is 0 Å². The van der Waals surface area contributed by atoms with Gasteiger partial charge in [-0.3, -0.25) is 4.79 Å². The van der Waals surface area contributed by atoms with Crippen LogP contribution >= 0.6 is 0 Å². The Balaban J connectivity index is 3.16. The molecule has 0 heterocycles. The molecule has 0 bridgehead atoms. The number of phenols is 1. The summed E-state index contributed by atoms with van der Waals surface area (Å²) in [7, 11) is 2.31. The SMILES string of the molecule is COC(=O)C[C@@H](N)c1cc(OC)c(F)c(F)c1O. The van der Waals surface area contributed by atoms with Crippen LogP contribution in [0.4, 0.5) is 8.78 Å². The van der Waals surface area contributed by atoms with Gasteiger partial charge < -0.3 is 20.3 Å². The van der Waals surface area contributed by atoms with E-state index in [2.05, 4.69) is 9.47 Å². The molecule has 0 fully saturated rings. The average molecular weight is 261 g/mol. The Morgan fingerprint density at radius 3 is 2.56 bits per heavy atom. The van der Waals surface area contributed by atoms with E-state index in [1.807, 2.05) is 0 Å². The zero-order chi connectivity index (χ0) is 13.9. The summed E-state index contributed by atoms with van der Waals surface area (Å²) in [6, 6.07) is 0.0166. The van der Waals surface area contributed by atoms with Crippen molar-refractivity contribution in [2.75, 3.05) is 14.2 Å². The molecule has 5 nitrogen and oxygen atoms in total. The van der Waals surface area contributed by atoms with Gasteiger partial charge in [0.05, 0.1) is 20.6 Å². The predicted octanol–water partition coefficient (Wildman–Crippen LogP) is 1.24. The number of benzene rings is 1. The molecule has 0 saturated heterocycles. The Kier molecular flexibility index (Phi) is 4.43. The molecule has 0 aliphatic heterocycles. The third-order valence-electron chi connectivity index (χ3n) is 2.41. The molecule has 0 aliphatic rings. The maximum absolute atomic E-state index is 13.3. The molecule has 0 aromatic heterocycles. The van der Waals surface area contributed by atoms with E-state index in [4.69, 9.17) is 5.73 Å². The monoisotopic (exact) mass is 261 g/mol. The maximum atomic E-state index is 13.3. The van der Waals surface area contributed by atoms with Crippen LogP contribution in [0.5, 0.6) is 11.5 Å². The van der Waals surface area contributed by atoms with Crippen molar-refractivity contribution in [3.05, 3.63) is 23.3 Å². The van der Waals surface area contributed by atoms with Crippen LogP contribution in [-0.2, 0) is 9.53 Å². The first-order valence-electron chi connectivity index (χ1n) is 4.99. The van der Waals surface area contributed by atoms with Gasteiger partial charge in [-0.05, 0) is 6.07 Å². The third-order valence-corrected chi connectivity index (χ3v) is 2.41. The van der Waals surface area contributed by atoms with Gasteiger partial charge in [0.15, 0.2) is 11.5 Å². The number of aromatic hydroxyl groups is 1. The number of hydrogen-bond acceptors (Lipinski definition) is 5. The molecule has 0 amide bonds. The molecule has 18 heavy (non-hydrogen) atoms. The van der Waals surface area contributed by atoms with Gasteiger partial charge in [-0.25, -0.2) is 0 Å². The van der Waals surface area contributed by atoms with Gasteiger partial charge in [0.2, 0.25) is 11.6 Å². The first-order valence-corrected chi connectivity index (χ1v) is 4.99. The van der Waals surface area contributed by atoms with E-state index in [9.17, 15) is 18.7 Å². The van der Waals surface area contributed by atoms with Crippen molar-refractivity contribution in [3.63, 3.8) is 0 Å². The fraction of sp³-hybridized carbons (Fsp3) is 0.364. The summed E-state index contributed by atoms with van der Waals surface area (Å²) in [6.07, 6.45) is -0.279. The number of carbonyl (C=O) groups excluding carboxylic acids is 1. The third kappa shape index (κ3) is 2.67. The van der Waals surface area contributed by atoms with Crippen molar-refractivity contribution in [2.24, 2.45) is 5.73 Å². The summed E-state index contributed by atoms with van der Waals surface area (Å²) in [5.74, 6) is -4.76. The summed E-state index contributed by atoms with van der Waals surface area (Å²) in [4.78, 5) is 11.0. The van der Waals surface area contributed by atoms with Crippen molar-refractivity contribution < 1.29 is 28.2 Å². The highest BCUT2D eigenvalue weighted by molar-refractivity contribution is 5.70. The lowest BCUT2D eigenvalue weighted by molar-refractivity contribution is -0.141. The van der Waals surface area contributed by atoms with Crippen LogP contribution < -0.4 is 10.5 Å². The fourth-order valence-electron chi connectivity index (χ4n) is 1.42. The summed E-state index contributed by atoms with van der Waals surface area (Å²) in [5.41, 5.74) is 5.48. The second-order valence-corrected chi connectivity index (χ2v) is 3.53. The van der Waals surface area contributed by atoms with E-state index >= 15 is 0 Å². The molecule has 3 N–H and O–H groups in total. The van der Waals surface area contributed by atoms with E-state index in [1.54, 1.807) is 0 Å². The number of carbonyl (C=O) groups is 1. The number of rotatable bonds is 4. The Morgan fingerprint density at radius 1 is 1.44 bits per heavy atom. The van der Waals surface area contributed by atoms with E-state index in [0.29, 0.717) is 0 Å². The molecular formula is C11H13F2NO4. The zero-order valence-electron chi connectivity index (χ0n) is 9.87. The molecule has 0 spiro atoms. The number of phenolic OH excluding ortho intramolecular Hbond substituents is 1. The van der Waals surface area contributed by atoms with Crippen molar-refractivity contribution in [1.82, 2.24) is 0 Å². The van der Waals surface area contributed by atoms with Crippen LogP contribution in [0.3, 0.4) is 0 Å². The second kappa shape index (κ2) is 5.63. The van der Waals surface area contributed by atoms with Gasteiger partial charge in [0.1, 0.15) is 0 Å². The fourth-order valence-corrected chi connectivity index (χ4v) is 1.42. The molecule has 1 aromatic rings. The molecular weight excluding hydrogens is 248 g/mol. The largest absolute Gasteiger partial charge is 0.505 e. The molecule has 0 radical (unpaired) electrons. The highest BCUT2D eigenvalue weighted by Gasteiger charge is 2.23. The van der Waals surface area contributed by atoms with Gasteiger partial charge in [0, 0.05) is 11.6 Å². The second-order valence-electron chi connectivity index (χ2n) is 3.53. The van der Waals surface area contributed by atoms with E-state index in [0.717, 1.165) is 13.2 Å². The quantitative estimate of drug-likeness (QED) is 0.797. The van der Waals surface area contributed by atoms with Crippen molar-refractivity contribution in [2.45, 2.75) is 12.5 Å². The number of nitrogens with two attached hydrogens (primary N) is 1. The minimum atomic E-state index is -1.47. The van der Waals surface area contributed by atoms with E-state index in [1.165, 1.54) is 7.11 Å². The van der Waals surface area contributed by atoms with Crippen LogP contribution in [0.1, 0.15) is 18.0 Å². The Morgan fingerprint density at radius 2 is 2.06 bits per heavy atom. The average Bonchev–Trinajstić information content (AvgIpc) is 2.36. The molecule has 7 heteroatoms. The van der Waals surface area contributed by atoms with Crippen LogP contribution in [-0.4, -0.2) is 25.3 Å². The maximum Gasteiger partial charge on any atom is 0.307 e. The van der Waals surface area contributed by atoms with E-state index in [-0.39, 0.29) is 12.0 Å². The number of hydrogen-bond donors (Lipinski definition) is 2. The van der Waals surface area contributed by atoms with E-state index < -0.39 is 35.1 Å². The predicted molar refractivity (Wildman–Crippen MR) is 58.1 cm³/mol. The summed E-state index contributed by atoms with van der Waals surface area (Å²) < 4.78 is 35.6. The molecule has 1 atom stereocenters. The lowest BCUT2D eigenvalue weighted by Crippen LogP contribution is -2.17. The molecule has 100 valence electrons. The minimum Gasteiger partial charge on any atom is -0.505 e. The summed E-state index contributed by atoms with van der Waals surface area (Å²) >= 11 is 0. The number of halogens is 2. The first-order chi connectivity index (χ1) is 8.42. The Bertz CT molecular complexity index is 465. The molecule has 0 saturated carbocycles. The van der Waals surface area contributed by atoms with Crippen LogP contribution in [0.15, 0.2) is 6.07 Å². The topological polar surface area (TPSA) is 81.8 Å². The molecule has 0 aliphatic carbocycles. The number of esters is 1. The smallest absolute Gasteiger partial charge is 0.307 e. The van der Waals surface area contributed by atoms with Crippen LogP contribution in [0, 0.1) is 11.6 Å². The van der Waals surface area contributed by atoms with Crippen molar-refractivity contribution in [3.8, 4) is 11.5 Å².